The molecule has 4 rings (SSSR count). The van der Waals surface area contributed by atoms with Crippen molar-refractivity contribution in [2.75, 3.05) is 13.1 Å². The lowest BCUT2D eigenvalue weighted by atomic mass is 9.81. The molecule has 0 unspecified atom stereocenters. The molecule has 0 radical (unpaired) electrons. The van der Waals surface area contributed by atoms with Gasteiger partial charge in [-0.2, -0.15) is 0 Å². The van der Waals surface area contributed by atoms with Crippen LogP contribution in [-0.4, -0.2) is 40.0 Å². The number of carboxylic acid groups (broad SMARTS) is 1. The fraction of sp³-hybridized carbons (Fsp3) is 0.389. The molecule has 1 aromatic carbocycles. The third-order valence-electron chi connectivity index (χ3n) is 5.40. The van der Waals surface area contributed by atoms with Crippen molar-refractivity contribution in [3.05, 3.63) is 41.2 Å². The summed E-state index contributed by atoms with van der Waals surface area (Å²) in [4.78, 5) is 30.7. The minimum atomic E-state index is -0.804. The number of rotatable bonds is 3. The van der Waals surface area contributed by atoms with Crippen LogP contribution in [0.2, 0.25) is 0 Å². The predicted molar refractivity (Wildman–Crippen MR) is 90.8 cm³/mol. The zero-order chi connectivity index (χ0) is 17.6. The van der Waals surface area contributed by atoms with Crippen molar-refractivity contribution in [3.8, 4) is 10.6 Å². The molecule has 2 heterocycles. The summed E-state index contributed by atoms with van der Waals surface area (Å²) in [5.41, 5.74) is -0.429. The third-order valence-corrected chi connectivity index (χ3v) is 6.42. The SMILES string of the molecule is O=C(c1cnc(-c2ccccc2F)s1)N1C[C@@H]2CCC[C@@]2(C(=O)O)C1. The van der Waals surface area contributed by atoms with Crippen molar-refractivity contribution in [2.45, 2.75) is 19.3 Å². The maximum Gasteiger partial charge on any atom is 0.311 e. The zero-order valence-electron chi connectivity index (χ0n) is 13.4. The van der Waals surface area contributed by atoms with Crippen molar-refractivity contribution in [3.63, 3.8) is 0 Å². The molecule has 130 valence electrons. The van der Waals surface area contributed by atoms with Gasteiger partial charge in [-0.15, -0.1) is 11.3 Å². The maximum absolute atomic E-state index is 13.9. The second kappa shape index (κ2) is 5.91. The lowest BCUT2D eigenvalue weighted by Crippen LogP contribution is -2.37. The summed E-state index contributed by atoms with van der Waals surface area (Å²) in [6, 6.07) is 6.31. The number of likely N-dealkylation sites (tertiary alicyclic amines) is 1. The Kier molecular flexibility index (Phi) is 3.83. The van der Waals surface area contributed by atoms with Gasteiger partial charge in [-0.1, -0.05) is 18.6 Å². The van der Waals surface area contributed by atoms with Gasteiger partial charge < -0.3 is 10.0 Å². The van der Waals surface area contributed by atoms with Gasteiger partial charge in [0.25, 0.3) is 5.91 Å². The molecule has 0 spiro atoms. The number of amides is 1. The average molecular weight is 360 g/mol. The summed E-state index contributed by atoms with van der Waals surface area (Å²) in [5.74, 6) is -1.37. The monoisotopic (exact) mass is 360 g/mol. The van der Waals surface area contributed by atoms with Crippen LogP contribution in [0.5, 0.6) is 0 Å². The molecular formula is C18H17FN2O3S. The van der Waals surface area contributed by atoms with Gasteiger partial charge in [-0.25, -0.2) is 9.37 Å². The van der Waals surface area contributed by atoms with E-state index in [1.165, 1.54) is 12.3 Å². The van der Waals surface area contributed by atoms with E-state index in [1.54, 1.807) is 23.1 Å². The van der Waals surface area contributed by atoms with Crippen LogP contribution >= 0.6 is 11.3 Å². The number of benzene rings is 1. The highest BCUT2D eigenvalue weighted by molar-refractivity contribution is 7.16. The van der Waals surface area contributed by atoms with Gasteiger partial charge in [0, 0.05) is 18.7 Å². The summed E-state index contributed by atoms with van der Waals surface area (Å²) in [6.07, 6.45) is 3.83. The number of aliphatic carboxylic acids is 1. The van der Waals surface area contributed by atoms with Crippen molar-refractivity contribution in [1.82, 2.24) is 9.88 Å². The molecule has 2 atom stereocenters. The molecule has 5 nitrogen and oxygen atoms in total. The summed E-state index contributed by atoms with van der Waals surface area (Å²) < 4.78 is 13.9. The van der Waals surface area contributed by atoms with E-state index < -0.39 is 11.4 Å². The van der Waals surface area contributed by atoms with Crippen molar-refractivity contribution < 1.29 is 19.1 Å². The van der Waals surface area contributed by atoms with Gasteiger partial charge in [-0.05, 0) is 30.9 Å². The average Bonchev–Trinajstić information content (AvgIpc) is 3.28. The second-order valence-corrected chi connectivity index (χ2v) is 7.78. The molecule has 1 amide bonds. The minimum absolute atomic E-state index is 0.0212. The molecule has 1 saturated carbocycles. The molecule has 1 aromatic heterocycles. The first-order valence-corrected chi connectivity index (χ1v) is 9.06. The number of carboxylic acids is 1. The van der Waals surface area contributed by atoms with Crippen LogP contribution in [0.1, 0.15) is 28.9 Å². The van der Waals surface area contributed by atoms with Gasteiger partial charge in [0.15, 0.2) is 0 Å². The quantitative estimate of drug-likeness (QED) is 0.912. The summed E-state index contributed by atoms with van der Waals surface area (Å²) in [7, 11) is 0. The van der Waals surface area contributed by atoms with Gasteiger partial charge in [0.05, 0.1) is 11.6 Å². The number of carbonyl (C=O) groups excluding carboxylic acids is 1. The fourth-order valence-corrected chi connectivity index (χ4v) is 4.99. The van der Waals surface area contributed by atoms with Gasteiger partial charge in [-0.3, -0.25) is 9.59 Å². The van der Waals surface area contributed by atoms with Crippen LogP contribution < -0.4 is 0 Å². The highest BCUT2D eigenvalue weighted by Crippen LogP contribution is 2.49. The minimum Gasteiger partial charge on any atom is -0.481 e. The number of hydrogen-bond acceptors (Lipinski definition) is 4. The third kappa shape index (κ3) is 2.54. The molecule has 2 aliphatic rings. The highest BCUT2D eigenvalue weighted by Gasteiger charge is 2.55. The Morgan fingerprint density at radius 2 is 2.16 bits per heavy atom. The Bertz CT molecular complexity index is 852. The van der Waals surface area contributed by atoms with E-state index in [-0.39, 0.29) is 24.2 Å². The molecule has 2 fully saturated rings. The Morgan fingerprint density at radius 3 is 2.88 bits per heavy atom. The Balaban J connectivity index is 1.57. The number of thiazole rings is 1. The molecule has 1 saturated heterocycles. The largest absolute Gasteiger partial charge is 0.481 e. The normalized spacial score (nSPS) is 25.2. The topological polar surface area (TPSA) is 70.5 Å². The molecule has 1 aliphatic carbocycles. The summed E-state index contributed by atoms with van der Waals surface area (Å²) in [5, 5.41) is 10.1. The first-order chi connectivity index (χ1) is 12.0. The fourth-order valence-electron chi connectivity index (χ4n) is 4.08. The molecule has 1 aliphatic heterocycles. The smallest absolute Gasteiger partial charge is 0.311 e. The molecule has 2 aromatic rings. The van der Waals surface area contributed by atoms with Gasteiger partial charge >= 0.3 is 5.97 Å². The Morgan fingerprint density at radius 1 is 1.36 bits per heavy atom. The van der Waals surface area contributed by atoms with Gasteiger partial charge in [0.2, 0.25) is 0 Å². The van der Waals surface area contributed by atoms with Crippen LogP contribution in [0, 0.1) is 17.2 Å². The first kappa shape index (κ1) is 16.2. The number of fused-ring (bicyclic) bond motifs is 1. The van der Waals surface area contributed by atoms with Crippen LogP contribution in [0.15, 0.2) is 30.5 Å². The number of hydrogen-bond donors (Lipinski definition) is 1. The van der Waals surface area contributed by atoms with Crippen molar-refractivity contribution >= 4 is 23.2 Å². The molecule has 7 heteroatoms. The number of halogens is 1. The van der Waals surface area contributed by atoms with E-state index in [4.69, 9.17) is 0 Å². The Hall–Kier alpha value is -2.28. The van der Waals surface area contributed by atoms with Gasteiger partial charge in [0.1, 0.15) is 15.7 Å². The Labute approximate surface area is 148 Å². The standard InChI is InChI=1S/C18H17FN2O3S/c19-13-6-2-1-5-12(13)15-20-8-14(25-15)16(22)21-9-11-4-3-7-18(11,10-21)17(23)24/h1-2,5-6,8,11H,3-4,7,9-10H2,(H,23,24)/t11-,18+/m0/s1. The molecular weight excluding hydrogens is 343 g/mol. The van der Waals surface area contributed by atoms with Crippen LogP contribution in [0.25, 0.3) is 10.6 Å². The van der Waals surface area contributed by atoms with E-state index in [0.29, 0.717) is 28.4 Å². The van der Waals surface area contributed by atoms with E-state index in [9.17, 15) is 19.1 Å². The molecule has 25 heavy (non-hydrogen) atoms. The first-order valence-electron chi connectivity index (χ1n) is 8.25. The summed E-state index contributed by atoms with van der Waals surface area (Å²) in [6.45, 7) is 0.719. The van der Waals surface area contributed by atoms with E-state index in [2.05, 4.69) is 4.98 Å². The number of aromatic nitrogens is 1. The van der Waals surface area contributed by atoms with Crippen molar-refractivity contribution in [2.24, 2.45) is 11.3 Å². The maximum atomic E-state index is 13.9. The zero-order valence-corrected chi connectivity index (χ0v) is 14.3. The van der Waals surface area contributed by atoms with Crippen LogP contribution in [0.4, 0.5) is 4.39 Å². The van der Waals surface area contributed by atoms with E-state index in [0.717, 1.165) is 24.2 Å². The van der Waals surface area contributed by atoms with Crippen LogP contribution in [0.3, 0.4) is 0 Å². The lowest BCUT2D eigenvalue weighted by molar-refractivity contribution is -0.149. The van der Waals surface area contributed by atoms with Crippen molar-refractivity contribution in [1.29, 1.82) is 0 Å². The number of nitrogens with zero attached hydrogens (tertiary/aromatic N) is 2. The van der Waals surface area contributed by atoms with Crippen LogP contribution in [-0.2, 0) is 4.79 Å². The van der Waals surface area contributed by atoms with E-state index in [1.807, 2.05) is 0 Å². The molecule has 1 N–H and O–H groups in total. The summed E-state index contributed by atoms with van der Waals surface area (Å²) >= 11 is 1.14. The van der Waals surface area contributed by atoms with E-state index >= 15 is 0 Å². The highest BCUT2D eigenvalue weighted by atomic mass is 32.1. The second-order valence-electron chi connectivity index (χ2n) is 6.75. The number of carbonyl (C=O) groups is 2. The lowest BCUT2D eigenvalue weighted by Gasteiger charge is -2.23. The molecule has 0 bridgehead atoms. The predicted octanol–water partition coefficient (Wildman–Crippen LogP) is 3.28.